The lowest BCUT2D eigenvalue weighted by molar-refractivity contribution is 0.250. The Hall–Kier alpha value is -3.14. The fraction of sp³-hybridized carbons (Fsp3) is 0.500. The van der Waals surface area contributed by atoms with E-state index < -0.39 is 17.6 Å². The normalized spacial score (nSPS) is 20.8. The van der Waals surface area contributed by atoms with E-state index in [-0.39, 0.29) is 30.1 Å². The highest BCUT2D eigenvalue weighted by Gasteiger charge is 2.34. The molecule has 1 aliphatic carbocycles. The van der Waals surface area contributed by atoms with E-state index in [0.717, 1.165) is 25.7 Å². The Balaban J connectivity index is 1.62. The minimum atomic E-state index is -0.879. The monoisotopic (exact) mass is 444 g/mol. The molecule has 10 heteroatoms. The van der Waals surface area contributed by atoms with Gasteiger partial charge in [-0.15, -0.1) is 0 Å². The molecule has 2 amide bonds. The molecule has 2 aliphatic rings. The van der Waals surface area contributed by atoms with Gasteiger partial charge in [-0.25, -0.2) is 14.2 Å². The Bertz CT molecular complexity index is 996. The maximum atomic E-state index is 14.8. The first-order valence-electron chi connectivity index (χ1n) is 11.0. The summed E-state index contributed by atoms with van der Waals surface area (Å²) in [7, 11) is 0. The minimum absolute atomic E-state index is 0.0525. The zero-order valence-electron chi connectivity index (χ0n) is 18.3. The zero-order chi connectivity index (χ0) is 22.8. The van der Waals surface area contributed by atoms with Gasteiger partial charge < -0.3 is 20.9 Å². The molecule has 1 aromatic heterocycles. The molecule has 1 fully saturated rings. The second-order valence-electron chi connectivity index (χ2n) is 8.12. The number of halogens is 1. The van der Waals surface area contributed by atoms with Crippen molar-refractivity contribution in [2.45, 2.75) is 58.2 Å². The van der Waals surface area contributed by atoms with Crippen molar-refractivity contribution < 1.29 is 19.0 Å². The molecule has 0 radical (unpaired) electrons. The Labute approximate surface area is 186 Å². The molecule has 1 aromatic carbocycles. The number of fused-ring (bicyclic) bond motifs is 1. The van der Waals surface area contributed by atoms with Crippen LogP contribution in [0, 0.1) is 5.82 Å². The number of phenols is 1. The van der Waals surface area contributed by atoms with E-state index in [1.165, 1.54) is 21.9 Å². The lowest BCUT2D eigenvalue weighted by Crippen LogP contribution is -2.48. The van der Waals surface area contributed by atoms with Crippen LogP contribution >= 0.6 is 0 Å². The van der Waals surface area contributed by atoms with Gasteiger partial charge in [0.05, 0.1) is 18.8 Å². The van der Waals surface area contributed by atoms with Crippen LogP contribution in [0.1, 0.15) is 45.1 Å². The van der Waals surface area contributed by atoms with Gasteiger partial charge in [0.15, 0.2) is 11.6 Å². The van der Waals surface area contributed by atoms with Crippen LogP contribution in [0.25, 0.3) is 0 Å². The van der Waals surface area contributed by atoms with Gasteiger partial charge >= 0.3 is 6.03 Å². The van der Waals surface area contributed by atoms with E-state index in [2.05, 4.69) is 15.3 Å². The van der Waals surface area contributed by atoms with Gasteiger partial charge in [0.1, 0.15) is 11.6 Å². The molecule has 32 heavy (non-hydrogen) atoms. The van der Waals surface area contributed by atoms with Gasteiger partial charge in [0.25, 0.3) is 0 Å². The number of hydrogen-bond acceptors (Lipinski definition) is 7. The molecule has 1 saturated carbocycles. The van der Waals surface area contributed by atoms with E-state index in [9.17, 15) is 14.3 Å². The highest BCUT2D eigenvalue weighted by Crippen LogP contribution is 2.37. The summed E-state index contributed by atoms with van der Waals surface area (Å²) in [5, 5.41) is 13.4. The standard InChI is InChI=1S/C22H29FN6O3/c1-3-28-20-13(11-25-21(27-20)26-15-7-5-14(24)6-8-15)12-29(22(28)31)17-9-16(32-4-2)10-18(30)19(17)23/h9-11,14-15,30H,3-8,12,24H2,1-2H3,(H,25,26,27). The topological polar surface area (TPSA) is 117 Å². The van der Waals surface area contributed by atoms with Gasteiger partial charge in [0.2, 0.25) is 5.95 Å². The Kier molecular flexibility index (Phi) is 6.31. The van der Waals surface area contributed by atoms with Crippen molar-refractivity contribution in [1.82, 2.24) is 9.97 Å². The third-order valence-corrected chi connectivity index (χ3v) is 5.92. The fourth-order valence-corrected chi connectivity index (χ4v) is 4.22. The van der Waals surface area contributed by atoms with Crippen LogP contribution in [0.2, 0.25) is 0 Å². The number of carbonyl (C=O) groups excluding carboxylic acids is 1. The molecule has 4 N–H and O–H groups in total. The number of hydrogen-bond donors (Lipinski definition) is 3. The van der Waals surface area contributed by atoms with Crippen molar-refractivity contribution in [3.63, 3.8) is 0 Å². The quantitative estimate of drug-likeness (QED) is 0.625. The maximum absolute atomic E-state index is 14.8. The number of urea groups is 1. The third kappa shape index (κ3) is 4.27. The summed E-state index contributed by atoms with van der Waals surface area (Å²) in [6.45, 7) is 4.38. The second kappa shape index (κ2) is 9.15. The first-order chi connectivity index (χ1) is 15.4. The highest BCUT2D eigenvalue weighted by atomic mass is 19.1. The summed E-state index contributed by atoms with van der Waals surface area (Å²) in [5.41, 5.74) is 6.61. The average molecular weight is 445 g/mol. The largest absolute Gasteiger partial charge is 0.505 e. The predicted molar refractivity (Wildman–Crippen MR) is 120 cm³/mol. The number of aromatic nitrogens is 2. The van der Waals surface area contributed by atoms with Crippen molar-refractivity contribution in [1.29, 1.82) is 0 Å². The van der Waals surface area contributed by atoms with Crippen LogP contribution in [-0.2, 0) is 6.54 Å². The Morgan fingerprint density at radius 1 is 1.28 bits per heavy atom. The lowest BCUT2D eigenvalue weighted by Gasteiger charge is -2.36. The minimum Gasteiger partial charge on any atom is -0.505 e. The number of amides is 2. The average Bonchev–Trinajstić information content (AvgIpc) is 2.78. The fourth-order valence-electron chi connectivity index (χ4n) is 4.22. The van der Waals surface area contributed by atoms with Crippen molar-refractivity contribution in [2.24, 2.45) is 5.73 Å². The molecule has 2 heterocycles. The molecular formula is C22H29FN6O3. The SMILES string of the molecule is CCOc1cc(O)c(F)c(N2Cc3cnc(NC4CCC(N)CC4)nc3N(CC)C2=O)c1. The molecule has 0 spiro atoms. The van der Waals surface area contributed by atoms with E-state index >= 15 is 0 Å². The van der Waals surface area contributed by atoms with Gasteiger partial charge in [-0.1, -0.05) is 0 Å². The first-order valence-corrected chi connectivity index (χ1v) is 11.0. The number of nitrogens with two attached hydrogens (primary N) is 1. The predicted octanol–water partition coefficient (Wildman–Crippen LogP) is 3.37. The molecule has 172 valence electrons. The number of ether oxygens (including phenoxy) is 1. The molecule has 2 aromatic rings. The molecular weight excluding hydrogens is 415 g/mol. The number of phenolic OH excluding ortho intramolecular Hbond substituents is 1. The van der Waals surface area contributed by atoms with Gasteiger partial charge in [-0.05, 0) is 39.5 Å². The van der Waals surface area contributed by atoms with Crippen LogP contribution < -0.4 is 25.6 Å². The van der Waals surface area contributed by atoms with Crippen LogP contribution in [0.3, 0.4) is 0 Å². The van der Waals surface area contributed by atoms with Gasteiger partial charge in [0, 0.05) is 42.5 Å². The zero-order valence-corrected chi connectivity index (χ0v) is 18.3. The molecule has 1 aliphatic heterocycles. The number of aromatic hydroxyl groups is 1. The van der Waals surface area contributed by atoms with Crippen molar-refractivity contribution in [3.05, 3.63) is 29.7 Å². The molecule has 0 bridgehead atoms. The van der Waals surface area contributed by atoms with Gasteiger partial charge in [-0.3, -0.25) is 9.80 Å². The van der Waals surface area contributed by atoms with E-state index in [0.29, 0.717) is 30.5 Å². The van der Waals surface area contributed by atoms with E-state index in [1.54, 1.807) is 13.1 Å². The van der Waals surface area contributed by atoms with Gasteiger partial charge in [-0.2, -0.15) is 4.98 Å². The first kappa shape index (κ1) is 22.1. The van der Waals surface area contributed by atoms with Crippen LogP contribution in [0.15, 0.2) is 18.3 Å². The molecule has 0 saturated heterocycles. The Morgan fingerprint density at radius 2 is 2.03 bits per heavy atom. The van der Waals surface area contributed by atoms with Crippen molar-refractivity contribution in [3.8, 4) is 11.5 Å². The lowest BCUT2D eigenvalue weighted by atomic mass is 9.92. The molecule has 4 rings (SSSR count). The summed E-state index contributed by atoms with van der Waals surface area (Å²) in [6, 6.07) is 2.68. The van der Waals surface area contributed by atoms with Crippen molar-refractivity contribution in [2.75, 3.05) is 28.3 Å². The number of carbonyl (C=O) groups is 1. The third-order valence-electron chi connectivity index (χ3n) is 5.92. The molecule has 0 unspecified atom stereocenters. The summed E-state index contributed by atoms with van der Waals surface area (Å²) in [6.07, 6.45) is 5.47. The second-order valence-corrected chi connectivity index (χ2v) is 8.12. The smallest absolute Gasteiger partial charge is 0.330 e. The highest BCUT2D eigenvalue weighted by molar-refractivity contribution is 6.05. The summed E-state index contributed by atoms with van der Waals surface area (Å²) >= 11 is 0. The molecule has 0 atom stereocenters. The number of nitrogens with one attached hydrogen (secondary N) is 1. The number of benzene rings is 1. The van der Waals surface area contributed by atoms with Crippen LogP contribution in [0.5, 0.6) is 11.5 Å². The summed E-state index contributed by atoms with van der Waals surface area (Å²) in [4.78, 5) is 25.0. The summed E-state index contributed by atoms with van der Waals surface area (Å²) in [5.74, 6) is -0.201. The maximum Gasteiger partial charge on any atom is 0.330 e. The number of anilines is 3. The van der Waals surface area contributed by atoms with E-state index in [4.69, 9.17) is 10.5 Å². The number of nitrogens with zero attached hydrogens (tertiary/aromatic N) is 4. The number of rotatable bonds is 6. The summed E-state index contributed by atoms with van der Waals surface area (Å²) < 4.78 is 20.2. The Morgan fingerprint density at radius 3 is 2.72 bits per heavy atom. The van der Waals surface area contributed by atoms with Crippen molar-refractivity contribution >= 4 is 23.5 Å². The van der Waals surface area contributed by atoms with E-state index in [1.807, 2.05) is 6.92 Å². The van der Waals surface area contributed by atoms with Crippen LogP contribution in [-0.4, -0.2) is 46.3 Å². The molecule has 9 nitrogen and oxygen atoms in total. The van der Waals surface area contributed by atoms with Crippen LogP contribution in [0.4, 0.5) is 26.6 Å².